The number of hydrogen-bond donors (Lipinski definition) is 1. The van der Waals surface area contributed by atoms with Crippen molar-refractivity contribution in [2.75, 3.05) is 0 Å². The molecule has 1 atom stereocenters. The lowest BCUT2D eigenvalue weighted by Crippen LogP contribution is -2.40. The summed E-state index contributed by atoms with van der Waals surface area (Å²) >= 11 is 3.16. The summed E-state index contributed by atoms with van der Waals surface area (Å²) in [5, 5.41) is 2.60. The number of furan rings is 1. The lowest BCUT2D eigenvalue weighted by Gasteiger charge is -2.19. The summed E-state index contributed by atoms with van der Waals surface area (Å²) in [5.41, 5.74) is -1.01. The first kappa shape index (κ1) is 14.8. The van der Waals surface area contributed by atoms with Crippen LogP contribution in [0.3, 0.4) is 0 Å². The maximum atomic E-state index is 13.9. The minimum Gasteiger partial charge on any atom is -0.466 e. The van der Waals surface area contributed by atoms with Crippen LogP contribution >= 0.6 is 15.9 Å². The van der Waals surface area contributed by atoms with E-state index < -0.39 is 23.3 Å². The van der Waals surface area contributed by atoms with Crippen molar-refractivity contribution in [3.8, 4) is 0 Å². The number of halogens is 2. The van der Waals surface area contributed by atoms with Gasteiger partial charge in [-0.1, -0.05) is 22.0 Å². The Bertz CT molecular complexity index is 747. The van der Waals surface area contributed by atoms with Crippen LogP contribution in [0.5, 0.6) is 0 Å². The van der Waals surface area contributed by atoms with E-state index in [4.69, 9.17) is 4.42 Å². The summed E-state index contributed by atoms with van der Waals surface area (Å²) in [6.07, 6.45) is 1.43. The van der Waals surface area contributed by atoms with E-state index >= 15 is 0 Å². The van der Waals surface area contributed by atoms with Crippen molar-refractivity contribution in [3.63, 3.8) is 0 Å². The largest absolute Gasteiger partial charge is 0.466 e. The first-order valence-electron chi connectivity index (χ1n) is 6.54. The summed E-state index contributed by atoms with van der Waals surface area (Å²) in [6, 6.07) is 7.15. The fourth-order valence-corrected chi connectivity index (χ4v) is 2.72. The maximum absolute atomic E-state index is 13.9. The standard InChI is InChI=1S/C15H12BrFN2O3/c1-15(12-3-2-6-22-12)13(20)19(14(21)18-15)8-9-4-5-10(16)7-11(9)17/h2-7H,8H2,1H3,(H,18,21)/t15-/m0/s1. The fourth-order valence-electron chi connectivity index (χ4n) is 2.39. The Labute approximate surface area is 134 Å². The highest BCUT2D eigenvalue weighted by atomic mass is 79.9. The molecule has 5 nitrogen and oxygen atoms in total. The molecule has 7 heteroatoms. The number of carbonyl (C=O) groups is 2. The summed E-state index contributed by atoms with van der Waals surface area (Å²) in [6.45, 7) is 1.42. The Balaban J connectivity index is 1.89. The molecule has 0 spiro atoms. The Kier molecular flexibility index (Phi) is 3.52. The summed E-state index contributed by atoms with van der Waals surface area (Å²) in [4.78, 5) is 25.6. The van der Waals surface area contributed by atoms with E-state index in [1.165, 1.54) is 18.4 Å². The van der Waals surface area contributed by atoms with Crippen molar-refractivity contribution < 1.29 is 18.4 Å². The molecule has 0 unspecified atom stereocenters. The summed E-state index contributed by atoms with van der Waals surface area (Å²) < 4.78 is 19.7. The van der Waals surface area contributed by atoms with Crippen LogP contribution in [0.1, 0.15) is 18.2 Å². The molecule has 114 valence electrons. The van der Waals surface area contributed by atoms with E-state index in [1.54, 1.807) is 25.1 Å². The zero-order valence-electron chi connectivity index (χ0n) is 11.6. The van der Waals surface area contributed by atoms with E-state index in [-0.39, 0.29) is 12.1 Å². The second-order valence-corrected chi connectivity index (χ2v) is 6.08. The molecule has 3 amide bonds. The quantitative estimate of drug-likeness (QED) is 0.848. The summed E-state index contributed by atoms with van der Waals surface area (Å²) in [7, 11) is 0. The molecule has 22 heavy (non-hydrogen) atoms. The van der Waals surface area contributed by atoms with E-state index in [0.29, 0.717) is 10.2 Å². The van der Waals surface area contributed by atoms with Crippen molar-refractivity contribution in [3.05, 3.63) is 58.2 Å². The van der Waals surface area contributed by atoms with Gasteiger partial charge in [-0.25, -0.2) is 9.18 Å². The second kappa shape index (κ2) is 5.24. The predicted octanol–water partition coefficient (Wildman–Crippen LogP) is 3.15. The van der Waals surface area contributed by atoms with Crippen molar-refractivity contribution in [2.45, 2.75) is 19.0 Å². The number of amides is 3. The van der Waals surface area contributed by atoms with Gasteiger partial charge in [0.25, 0.3) is 5.91 Å². The van der Waals surface area contributed by atoms with Gasteiger partial charge in [-0.3, -0.25) is 9.69 Å². The fraction of sp³-hybridized carbons (Fsp3) is 0.200. The first-order valence-corrected chi connectivity index (χ1v) is 7.33. The first-order chi connectivity index (χ1) is 10.4. The predicted molar refractivity (Wildman–Crippen MR) is 79.2 cm³/mol. The molecule has 1 N–H and O–H groups in total. The molecule has 1 aliphatic heterocycles. The molecule has 2 aromatic rings. The number of rotatable bonds is 3. The van der Waals surface area contributed by atoms with E-state index in [2.05, 4.69) is 21.2 Å². The summed E-state index contributed by atoms with van der Waals surface area (Å²) in [5.74, 6) is -0.624. The Hall–Kier alpha value is -2.15. The van der Waals surface area contributed by atoms with Crippen LogP contribution in [0, 0.1) is 5.82 Å². The Morgan fingerprint density at radius 2 is 2.14 bits per heavy atom. The van der Waals surface area contributed by atoms with Gasteiger partial charge < -0.3 is 9.73 Å². The van der Waals surface area contributed by atoms with Crippen LogP contribution in [0.15, 0.2) is 45.5 Å². The highest BCUT2D eigenvalue weighted by molar-refractivity contribution is 9.10. The monoisotopic (exact) mass is 366 g/mol. The molecule has 0 radical (unpaired) electrons. The van der Waals surface area contributed by atoms with Crippen molar-refractivity contribution in [1.82, 2.24) is 10.2 Å². The van der Waals surface area contributed by atoms with Gasteiger partial charge in [-0.2, -0.15) is 0 Å². The minimum atomic E-state index is -1.27. The van der Waals surface area contributed by atoms with E-state index in [0.717, 1.165) is 4.90 Å². The second-order valence-electron chi connectivity index (χ2n) is 5.16. The van der Waals surface area contributed by atoms with Crippen LogP contribution in [0.4, 0.5) is 9.18 Å². The number of hydrogen-bond acceptors (Lipinski definition) is 3. The minimum absolute atomic E-state index is 0.139. The molecule has 2 heterocycles. The molecule has 1 aliphatic rings. The zero-order chi connectivity index (χ0) is 15.9. The lowest BCUT2D eigenvalue weighted by molar-refractivity contribution is -0.132. The molecule has 3 rings (SSSR count). The number of carbonyl (C=O) groups excluding carboxylic acids is 2. The van der Waals surface area contributed by atoms with Crippen LogP contribution in [-0.2, 0) is 16.9 Å². The zero-order valence-corrected chi connectivity index (χ0v) is 13.2. The van der Waals surface area contributed by atoms with Gasteiger partial charge in [-0.05, 0) is 31.2 Å². The van der Waals surface area contributed by atoms with Gasteiger partial charge in [0.1, 0.15) is 11.6 Å². The van der Waals surface area contributed by atoms with Crippen LogP contribution in [0.25, 0.3) is 0 Å². The normalized spacial score (nSPS) is 21.3. The van der Waals surface area contributed by atoms with Crippen LogP contribution in [-0.4, -0.2) is 16.8 Å². The molecule has 0 aliphatic carbocycles. The van der Waals surface area contributed by atoms with Gasteiger partial charge in [0.15, 0.2) is 5.54 Å². The number of nitrogens with one attached hydrogen (secondary N) is 1. The molecule has 0 bridgehead atoms. The SMILES string of the molecule is C[C@@]1(c2ccco2)NC(=O)N(Cc2ccc(Br)cc2F)C1=O. The van der Waals surface area contributed by atoms with E-state index in [9.17, 15) is 14.0 Å². The molecule has 1 aromatic carbocycles. The van der Waals surface area contributed by atoms with Crippen molar-refractivity contribution in [2.24, 2.45) is 0 Å². The van der Waals surface area contributed by atoms with Crippen molar-refractivity contribution >= 4 is 27.9 Å². The highest BCUT2D eigenvalue weighted by Gasteiger charge is 2.50. The Morgan fingerprint density at radius 1 is 1.36 bits per heavy atom. The van der Waals surface area contributed by atoms with Gasteiger partial charge in [0, 0.05) is 10.0 Å². The van der Waals surface area contributed by atoms with Gasteiger partial charge in [-0.15, -0.1) is 0 Å². The third-order valence-corrected chi connectivity index (χ3v) is 4.13. The van der Waals surface area contributed by atoms with Crippen LogP contribution in [0.2, 0.25) is 0 Å². The highest BCUT2D eigenvalue weighted by Crippen LogP contribution is 2.30. The molecule has 0 saturated carbocycles. The van der Waals surface area contributed by atoms with Gasteiger partial charge in [0.2, 0.25) is 0 Å². The van der Waals surface area contributed by atoms with Crippen molar-refractivity contribution in [1.29, 1.82) is 0 Å². The van der Waals surface area contributed by atoms with Gasteiger partial charge in [0.05, 0.1) is 12.8 Å². The molecular weight excluding hydrogens is 355 g/mol. The number of urea groups is 1. The Morgan fingerprint density at radius 3 is 2.77 bits per heavy atom. The van der Waals surface area contributed by atoms with E-state index in [1.807, 2.05) is 0 Å². The molecular formula is C15H12BrFN2O3. The molecule has 1 aromatic heterocycles. The number of nitrogens with zero attached hydrogens (tertiary/aromatic N) is 1. The number of imide groups is 1. The molecule has 1 saturated heterocycles. The third kappa shape index (κ3) is 2.31. The lowest BCUT2D eigenvalue weighted by atomic mass is 9.99. The number of benzene rings is 1. The van der Waals surface area contributed by atoms with Crippen LogP contribution < -0.4 is 5.32 Å². The van der Waals surface area contributed by atoms with Gasteiger partial charge >= 0.3 is 6.03 Å². The molecule has 1 fully saturated rings. The third-order valence-electron chi connectivity index (χ3n) is 3.63. The average Bonchev–Trinajstić information content (AvgIpc) is 3.06. The maximum Gasteiger partial charge on any atom is 0.325 e. The average molecular weight is 367 g/mol. The smallest absolute Gasteiger partial charge is 0.325 e. The topological polar surface area (TPSA) is 62.6 Å².